The summed E-state index contributed by atoms with van der Waals surface area (Å²) in [4.78, 5) is 0. The van der Waals surface area contributed by atoms with E-state index in [9.17, 15) is 0 Å². The molecule has 0 aromatic carbocycles. The molecule has 2 aliphatic rings. The van der Waals surface area contributed by atoms with Crippen molar-refractivity contribution in [2.75, 3.05) is 13.1 Å². The summed E-state index contributed by atoms with van der Waals surface area (Å²) in [5.74, 6) is 5.92. The van der Waals surface area contributed by atoms with Crippen molar-refractivity contribution in [3.63, 3.8) is 0 Å². The fourth-order valence-electron chi connectivity index (χ4n) is 5.16. The lowest BCUT2D eigenvalue weighted by Gasteiger charge is -2.44. The second-order valence-corrected chi connectivity index (χ2v) is 8.25. The maximum Gasteiger partial charge on any atom is -0.00179 e. The van der Waals surface area contributed by atoms with Gasteiger partial charge in [0.1, 0.15) is 0 Å². The molecule has 1 N–H and O–H groups in total. The van der Waals surface area contributed by atoms with E-state index in [4.69, 9.17) is 0 Å². The molecule has 0 aromatic rings. The monoisotopic (exact) mass is 293 g/mol. The predicted molar refractivity (Wildman–Crippen MR) is 93.4 cm³/mol. The molecular weight excluding hydrogens is 254 g/mol. The highest BCUT2D eigenvalue weighted by Crippen LogP contribution is 2.46. The average Bonchev–Trinajstić information content (AvgIpc) is 2.52. The molecule has 0 aliphatic heterocycles. The summed E-state index contributed by atoms with van der Waals surface area (Å²) in [5, 5.41) is 3.66. The van der Waals surface area contributed by atoms with E-state index >= 15 is 0 Å². The zero-order valence-electron chi connectivity index (χ0n) is 15.0. The zero-order valence-corrected chi connectivity index (χ0v) is 15.0. The molecule has 5 unspecified atom stereocenters. The van der Waals surface area contributed by atoms with Gasteiger partial charge in [-0.2, -0.15) is 0 Å². The van der Waals surface area contributed by atoms with Gasteiger partial charge >= 0.3 is 0 Å². The van der Waals surface area contributed by atoms with Gasteiger partial charge in [-0.05, 0) is 74.3 Å². The maximum atomic E-state index is 3.66. The van der Waals surface area contributed by atoms with Crippen molar-refractivity contribution in [2.24, 2.45) is 35.5 Å². The van der Waals surface area contributed by atoms with Gasteiger partial charge in [-0.3, -0.25) is 0 Å². The van der Waals surface area contributed by atoms with E-state index in [1.54, 1.807) is 0 Å². The second kappa shape index (κ2) is 8.56. The molecule has 0 heterocycles. The summed E-state index contributed by atoms with van der Waals surface area (Å²) in [6.45, 7) is 12.0. The van der Waals surface area contributed by atoms with Crippen LogP contribution in [0.1, 0.15) is 79.1 Å². The van der Waals surface area contributed by atoms with Crippen molar-refractivity contribution in [3.05, 3.63) is 0 Å². The molecule has 0 bridgehead atoms. The van der Waals surface area contributed by atoms with Crippen LogP contribution in [0.4, 0.5) is 0 Å². The SMILES string of the molecule is CCNCC1CCC(C(C)C)CC1C1CCCC(CC)C1. The Bertz CT molecular complexity index is 286. The Morgan fingerprint density at radius 3 is 2.48 bits per heavy atom. The van der Waals surface area contributed by atoms with Crippen molar-refractivity contribution in [1.29, 1.82) is 0 Å². The summed E-state index contributed by atoms with van der Waals surface area (Å²) in [6, 6.07) is 0. The van der Waals surface area contributed by atoms with Gasteiger partial charge in [-0.1, -0.05) is 53.4 Å². The van der Waals surface area contributed by atoms with Gasteiger partial charge in [0, 0.05) is 0 Å². The third-order valence-electron chi connectivity index (χ3n) is 6.69. The molecule has 0 saturated heterocycles. The summed E-state index contributed by atoms with van der Waals surface area (Å²) in [5.41, 5.74) is 0. The second-order valence-electron chi connectivity index (χ2n) is 8.25. The first kappa shape index (κ1) is 17.3. The first-order chi connectivity index (χ1) is 10.2. The van der Waals surface area contributed by atoms with Gasteiger partial charge in [-0.15, -0.1) is 0 Å². The molecule has 2 fully saturated rings. The van der Waals surface area contributed by atoms with E-state index in [1.165, 1.54) is 57.9 Å². The predicted octanol–water partition coefficient (Wildman–Crippen LogP) is 5.50. The van der Waals surface area contributed by atoms with Crippen molar-refractivity contribution >= 4 is 0 Å². The van der Waals surface area contributed by atoms with Crippen LogP contribution >= 0.6 is 0 Å². The van der Waals surface area contributed by atoms with Crippen LogP contribution in [0.3, 0.4) is 0 Å². The Balaban J connectivity index is 2.01. The third-order valence-corrected chi connectivity index (χ3v) is 6.69. The molecule has 0 radical (unpaired) electrons. The molecule has 5 atom stereocenters. The highest BCUT2D eigenvalue weighted by molar-refractivity contribution is 4.88. The summed E-state index contributed by atoms with van der Waals surface area (Å²) in [6.07, 6.45) is 12.0. The highest BCUT2D eigenvalue weighted by Gasteiger charge is 2.37. The van der Waals surface area contributed by atoms with E-state index in [-0.39, 0.29) is 0 Å². The van der Waals surface area contributed by atoms with Gasteiger partial charge in [0.25, 0.3) is 0 Å². The minimum atomic E-state index is 0.887. The Kier molecular flexibility index (Phi) is 7.05. The molecule has 1 nitrogen and oxygen atoms in total. The van der Waals surface area contributed by atoms with Crippen LogP contribution in [0.2, 0.25) is 0 Å². The van der Waals surface area contributed by atoms with Gasteiger partial charge in [0.15, 0.2) is 0 Å². The molecule has 21 heavy (non-hydrogen) atoms. The fraction of sp³-hybridized carbons (Fsp3) is 1.00. The first-order valence-corrected chi connectivity index (χ1v) is 9.86. The van der Waals surface area contributed by atoms with E-state index in [2.05, 4.69) is 33.0 Å². The van der Waals surface area contributed by atoms with Gasteiger partial charge in [0.2, 0.25) is 0 Å². The third kappa shape index (κ3) is 4.71. The smallest absolute Gasteiger partial charge is 0.00179 e. The Morgan fingerprint density at radius 1 is 1.00 bits per heavy atom. The fourth-order valence-corrected chi connectivity index (χ4v) is 5.16. The molecule has 2 saturated carbocycles. The summed E-state index contributed by atoms with van der Waals surface area (Å²) >= 11 is 0. The van der Waals surface area contributed by atoms with Crippen LogP contribution in [-0.4, -0.2) is 13.1 Å². The van der Waals surface area contributed by atoms with Crippen LogP contribution in [0, 0.1) is 35.5 Å². The van der Waals surface area contributed by atoms with E-state index in [1.807, 2.05) is 0 Å². The molecule has 2 rings (SSSR count). The summed E-state index contributed by atoms with van der Waals surface area (Å²) < 4.78 is 0. The zero-order chi connectivity index (χ0) is 15.2. The normalized spacial score (nSPS) is 37.9. The van der Waals surface area contributed by atoms with Gasteiger partial charge in [-0.25, -0.2) is 0 Å². The molecule has 0 aromatic heterocycles. The lowest BCUT2D eigenvalue weighted by atomic mass is 9.62. The standard InChI is InChI=1S/C20H39N/c1-5-16-8-7-9-18(12-16)20-13-17(15(3)4)10-11-19(20)14-21-6-2/h15-21H,5-14H2,1-4H3. The largest absolute Gasteiger partial charge is 0.317 e. The van der Waals surface area contributed by atoms with Crippen LogP contribution in [0.15, 0.2) is 0 Å². The van der Waals surface area contributed by atoms with E-state index in [0.29, 0.717) is 0 Å². The number of hydrogen-bond acceptors (Lipinski definition) is 1. The van der Waals surface area contributed by atoms with Crippen molar-refractivity contribution in [1.82, 2.24) is 5.32 Å². The minimum Gasteiger partial charge on any atom is -0.317 e. The lowest BCUT2D eigenvalue weighted by Crippen LogP contribution is -2.39. The molecule has 0 spiro atoms. The minimum absolute atomic E-state index is 0.887. The lowest BCUT2D eigenvalue weighted by molar-refractivity contribution is 0.0652. The molecular formula is C20H39N. The van der Waals surface area contributed by atoms with Gasteiger partial charge < -0.3 is 5.32 Å². The van der Waals surface area contributed by atoms with Gasteiger partial charge in [0.05, 0.1) is 0 Å². The van der Waals surface area contributed by atoms with Crippen LogP contribution < -0.4 is 5.32 Å². The Morgan fingerprint density at radius 2 is 1.81 bits per heavy atom. The summed E-state index contributed by atoms with van der Waals surface area (Å²) in [7, 11) is 0. The quantitative estimate of drug-likeness (QED) is 0.681. The molecule has 1 heteroatoms. The Hall–Kier alpha value is -0.0400. The number of rotatable bonds is 6. The van der Waals surface area contributed by atoms with Crippen LogP contribution in [-0.2, 0) is 0 Å². The topological polar surface area (TPSA) is 12.0 Å². The number of nitrogens with one attached hydrogen (secondary N) is 1. The van der Waals surface area contributed by atoms with Crippen LogP contribution in [0.25, 0.3) is 0 Å². The van der Waals surface area contributed by atoms with Crippen molar-refractivity contribution < 1.29 is 0 Å². The Labute approximate surface area is 133 Å². The van der Waals surface area contributed by atoms with E-state index in [0.717, 1.165) is 42.1 Å². The number of hydrogen-bond donors (Lipinski definition) is 1. The van der Waals surface area contributed by atoms with Crippen molar-refractivity contribution in [3.8, 4) is 0 Å². The first-order valence-electron chi connectivity index (χ1n) is 9.86. The van der Waals surface area contributed by atoms with Crippen molar-refractivity contribution in [2.45, 2.75) is 79.1 Å². The van der Waals surface area contributed by atoms with E-state index < -0.39 is 0 Å². The average molecular weight is 294 g/mol. The maximum absolute atomic E-state index is 3.66. The van der Waals surface area contributed by atoms with Crippen LogP contribution in [0.5, 0.6) is 0 Å². The molecule has 0 amide bonds. The highest BCUT2D eigenvalue weighted by atomic mass is 14.8. The molecule has 124 valence electrons. The molecule has 2 aliphatic carbocycles.